The predicted molar refractivity (Wildman–Crippen MR) is 77.9 cm³/mol. The molecule has 1 atom stereocenters. The first-order valence-electron chi connectivity index (χ1n) is 6.44. The van der Waals surface area contributed by atoms with Crippen LogP contribution in [0.4, 0.5) is 5.69 Å². The lowest BCUT2D eigenvalue weighted by atomic mass is 10.2. The molecule has 1 saturated heterocycles. The van der Waals surface area contributed by atoms with Crippen LogP contribution >= 0.6 is 15.9 Å². The van der Waals surface area contributed by atoms with Crippen LogP contribution in [0.15, 0.2) is 22.7 Å². The number of nitrogens with one attached hydrogen (secondary N) is 1. The molecule has 0 aliphatic carbocycles. The second-order valence-electron chi connectivity index (χ2n) is 4.74. The molecule has 2 rings (SSSR count). The first kappa shape index (κ1) is 13.6. The van der Waals surface area contributed by atoms with Gasteiger partial charge in [-0.2, -0.15) is 0 Å². The summed E-state index contributed by atoms with van der Waals surface area (Å²) in [7, 11) is 0. The molecule has 1 aliphatic heterocycles. The number of carbonyl (C=O) groups excluding carboxylic acids is 1. The topological polar surface area (TPSA) is 32.3 Å². The van der Waals surface area contributed by atoms with Crippen molar-refractivity contribution in [2.75, 3.05) is 18.0 Å². The molecule has 1 aliphatic rings. The summed E-state index contributed by atoms with van der Waals surface area (Å²) in [5, 5.41) is 3.31. The van der Waals surface area contributed by atoms with E-state index in [-0.39, 0.29) is 11.9 Å². The van der Waals surface area contributed by atoms with Crippen LogP contribution in [0.5, 0.6) is 0 Å². The maximum Gasteiger partial charge on any atom is 0.244 e. The molecule has 1 amide bonds. The highest BCUT2D eigenvalue weighted by Gasteiger charge is 2.32. The van der Waals surface area contributed by atoms with Gasteiger partial charge in [-0.1, -0.05) is 13.0 Å². The van der Waals surface area contributed by atoms with Crippen molar-refractivity contribution in [3.63, 3.8) is 0 Å². The second-order valence-corrected chi connectivity index (χ2v) is 5.59. The van der Waals surface area contributed by atoms with Crippen LogP contribution in [0.2, 0.25) is 0 Å². The smallest absolute Gasteiger partial charge is 0.244 e. The van der Waals surface area contributed by atoms with Crippen molar-refractivity contribution in [2.45, 2.75) is 32.7 Å². The molecule has 1 N–H and O–H groups in total. The molecule has 0 radical (unpaired) electrons. The molecule has 0 saturated carbocycles. The van der Waals surface area contributed by atoms with Crippen molar-refractivity contribution in [3.8, 4) is 0 Å². The van der Waals surface area contributed by atoms with Gasteiger partial charge in [0.25, 0.3) is 0 Å². The summed E-state index contributed by atoms with van der Waals surface area (Å²) >= 11 is 3.54. The highest BCUT2D eigenvalue weighted by atomic mass is 79.9. The van der Waals surface area contributed by atoms with Gasteiger partial charge in [-0.15, -0.1) is 0 Å². The minimum absolute atomic E-state index is 0.0156. The third kappa shape index (κ3) is 2.75. The Hall–Kier alpha value is -0.870. The number of carbonyl (C=O) groups is 1. The van der Waals surface area contributed by atoms with Gasteiger partial charge < -0.3 is 10.2 Å². The number of nitrogens with zero attached hydrogens (tertiary/aromatic N) is 1. The van der Waals surface area contributed by atoms with Crippen LogP contribution in [0.3, 0.4) is 0 Å². The molecule has 1 fully saturated rings. The standard InChI is InChI=1S/C14H19BrN2O/c1-3-7-16-12-6-8-17(14(12)18)13-5-4-10(2)9-11(13)15/h4-5,9,12,16H,3,6-8H2,1-2H3. The van der Waals surface area contributed by atoms with Crippen molar-refractivity contribution >= 4 is 27.5 Å². The Bertz CT molecular complexity index is 447. The van der Waals surface area contributed by atoms with E-state index in [2.05, 4.69) is 34.2 Å². The van der Waals surface area contributed by atoms with Crippen LogP contribution < -0.4 is 10.2 Å². The number of hydrogen-bond donors (Lipinski definition) is 1. The van der Waals surface area contributed by atoms with Crippen molar-refractivity contribution in [1.29, 1.82) is 0 Å². The van der Waals surface area contributed by atoms with Crippen molar-refractivity contribution in [1.82, 2.24) is 5.32 Å². The summed E-state index contributed by atoms with van der Waals surface area (Å²) in [6, 6.07) is 6.09. The van der Waals surface area contributed by atoms with Gasteiger partial charge in [0.2, 0.25) is 5.91 Å². The van der Waals surface area contributed by atoms with E-state index in [9.17, 15) is 4.79 Å². The Kier molecular flexibility index (Phi) is 4.40. The molecule has 0 spiro atoms. The lowest BCUT2D eigenvalue weighted by molar-refractivity contribution is -0.118. The van der Waals surface area contributed by atoms with Gasteiger partial charge in [0, 0.05) is 11.0 Å². The number of halogens is 1. The van der Waals surface area contributed by atoms with E-state index in [0.29, 0.717) is 0 Å². The fourth-order valence-electron chi connectivity index (χ4n) is 2.26. The zero-order valence-corrected chi connectivity index (χ0v) is 12.5. The lowest BCUT2D eigenvalue weighted by Gasteiger charge is -2.19. The number of amides is 1. The summed E-state index contributed by atoms with van der Waals surface area (Å²) in [5.41, 5.74) is 2.17. The molecular formula is C14H19BrN2O. The minimum atomic E-state index is -0.0156. The number of aryl methyl sites for hydroxylation is 1. The first-order chi connectivity index (χ1) is 8.63. The largest absolute Gasteiger partial charge is 0.310 e. The Morgan fingerprint density at radius 3 is 2.94 bits per heavy atom. The van der Waals surface area contributed by atoms with Crippen LogP contribution in [0.25, 0.3) is 0 Å². The van der Waals surface area contributed by atoms with Gasteiger partial charge in [0.15, 0.2) is 0 Å². The minimum Gasteiger partial charge on any atom is -0.310 e. The predicted octanol–water partition coefficient (Wildman–Crippen LogP) is 2.86. The quantitative estimate of drug-likeness (QED) is 0.927. The van der Waals surface area contributed by atoms with Crippen molar-refractivity contribution in [2.24, 2.45) is 0 Å². The van der Waals surface area contributed by atoms with Gasteiger partial charge in [-0.25, -0.2) is 0 Å². The summed E-state index contributed by atoms with van der Waals surface area (Å²) in [6.07, 6.45) is 1.94. The molecule has 0 aromatic heterocycles. The first-order valence-corrected chi connectivity index (χ1v) is 7.23. The Labute approximate surface area is 117 Å². The van der Waals surface area contributed by atoms with Gasteiger partial charge in [-0.05, 0) is 59.9 Å². The molecule has 1 aromatic rings. The van der Waals surface area contributed by atoms with Crippen LogP contribution in [-0.2, 0) is 4.79 Å². The van der Waals surface area contributed by atoms with Crippen LogP contribution in [-0.4, -0.2) is 25.0 Å². The molecule has 1 aromatic carbocycles. The Morgan fingerprint density at radius 2 is 2.28 bits per heavy atom. The van der Waals surface area contributed by atoms with Crippen LogP contribution in [0, 0.1) is 6.92 Å². The monoisotopic (exact) mass is 310 g/mol. The third-order valence-corrected chi connectivity index (χ3v) is 3.88. The van der Waals surface area contributed by atoms with E-state index in [1.807, 2.05) is 24.0 Å². The lowest BCUT2D eigenvalue weighted by Crippen LogP contribution is -2.38. The highest BCUT2D eigenvalue weighted by molar-refractivity contribution is 9.10. The summed E-state index contributed by atoms with van der Waals surface area (Å²) in [6.45, 7) is 5.86. The summed E-state index contributed by atoms with van der Waals surface area (Å²) in [5.74, 6) is 0.188. The SMILES string of the molecule is CCCNC1CCN(c2ccc(C)cc2Br)C1=O. The molecule has 0 bridgehead atoms. The van der Waals surface area contributed by atoms with E-state index in [1.54, 1.807) is 0 Å². The summed E-state index contributed by atoms with van der Waals surface area (Å²) in [4.78, 5) is 14.2. The zero-order valence-electron chi connectivity index (χ0n) is 10.9. The van der Waals surface area contributed by atoms with E-state index in [4.69, 9.17) is 0 Å². The average Bonchev–Trinajstić information content (AvgIpc) is 2.68. The molecule has 98 valence electrons. The fraction of sp³-hybridized carbons (Fsp3) is 0.500. The van der Waals surface area contributed by atoms with Gasteiger partial charge in [0.1, 0.15) is 0 Å². The van der Waals surface area contributed by atoms with Gasteiger partial charge in [0.05, 0.1) is 11.7 Å². The molecule has 1 heterocycles. The second kappa shape index (κ2) is 5.85. The maximum absolute atomic E-state index is 12.3. The van der Waals surface area contributed by atoms with Gasteiger partial charge >= 0.3 is 0 Å². The Morgan fingerprint density at radius 1 is 1.50 bits per heavy atom. The van der Waals surface area contributed by atoms with Crippen molar-refractivity contribution in [3.05, 3.63) is 28.2 Å². The number of benzene rings is 1. The van der Waals surface area contributed by atoms with E-state index < -0.39 is 0 Å². The molecule has 4 heteroatoms. The highest BCUT2D eigenvalue weighted by Crippen LogP contribution is 2.30. The number of anilines is 1. The maximum atomic E-state index is 12.3. The van der Waals surface area contributed by atoms with E-state index in [1.165, 1.54) is 5.56 Å². The third-order valence-electron chi connectivity index (χ3n) is 3.24. The number of rotatable bonds is 4. The Balaban J connectivity index is 2.13. The normalized spacial score (nSPS) is 19.6. The van der Waals surface area contributed by atoms with E-state index >= 15 is 0 Å². The number of hydrogen-bond acceptors (Lipinski definition) is 2. The average molecular weight is 311 g/mol. The van der Waals surface area contributed by atoms with Gasteiger partial charge in [-0.3, -0.25) is 4.79 Å². The fourth-order valence-corrected chi connectivity index (χ4v) is 2.97. The van der Waals surface area contributed by atoms with Crippen LogP contribution in [0.1, 0.15) is 25.3 Å². The molecule has 18 heavy (non-hydrogen) atoms. The zero-order chi connectivity index (χ0) is 13.1. The molecular weight excluding hydrogens is 292 g/mol. The molecule has 1 unspecified atom stereocenters. The van der Waals surface area contributed by atoms with Crippen molar-refractivity contribution < 1.29 is 4.79 Å². The summed E-state index contributed by atoms with van der Waals surface area (Å²) < 4.78 is 0.993. The molecule has 3 nitrogen and oxygen atoms in total. The van der Waals surface area contributed by atoms with E-state index in [0.717, 1.165) is 36.1 Å².